The molecule has 0 aliphatic carbocycles. The summed E-state index contributed by atoms with van der Waals surface area (Å²) in [6.07, 6.45) is 0. The summed E-state index contributed by atoms with van der Waals surface area (Å²) in [6.45, 7) is 0. The number of aromatic nitrogens is 10. The van der Waals surface area contributed by atoms with E-state index in [2.05, 4.69) is 153 Å². The third-order valence-corrected chi connectivity index (χ3v) is 14.4. The molecule has 10 aromatic carbocycles. The van der Waals surface area contributed by atoms with Crippen LogP contribution in [0.2, 0.25) is 0 Å². The Bertz CT molecular complexity index is 4370. The fraction of sp³-hybridized carbons (Fsp3) is 0. The summed E-state index contributed by atoms with van der Waals surface area (Å²) >= 11 is 0. The second-order valence-electron chi connectivity index (χ2n) is 19.3. The summed E-state index contributed by atoms with van der Waals surface area (Å²) in [6, 6.07) is 86.5. The number of fused-ring (bicyclic) bond motifs is 6. The molecule has 79 heavy (non-hydrogen) atoms. The highest BCUT2D eigenvalue weighted by Gasteiger charge is 2.21. The summed E-state index contributed by atoms with van der Waals surface area (Å²) in [5, 5.41) is 13.6. The van der Waals surface area contributed by atoms with Crippen LogP contribution in [-0.2, 0) is 0 Å². The van der Waals surface area contributed by atoms with Crippen molar-refractivity contribution in [1.29, 1.82) is 0 Å². The van der Waals surface area contributed by atoms with Gasteiger partial charge in [0.1, 0.15) is 0 Å². The van der Waals surface area contributed by atoms with Gasteiger partial charge in [-0.2, -0.15) is 0 Å². The van der Waals surface area contributed by atoms with E-state index in [-0.39, 0.29) is 0 Å². The Kier molecular flexibility index (Phi) is 10.9. The molecule has 5 heterocycles. The van der Waals surface area contributed by atoms with E-state index in [1.54, 1.807) is 0 Å². The first-order valence-electron chi connectivity index (χ1n) is 26.0. The van der Waals surface area contributed by atoms with Gasteiger partial charge in [0.15, 0.2) is 34.9 Å². The number of rotatable bonds is 10. The van der Waals surface area contributed by atoms with Crippen molar-refractivity contribution in [2.45, 2.75) is 0 Å². The van der Waals surface area contributed by atoms with Crippen LogP contribution in [0.25, 0.3) is 146 Å². The highest BCUT2D eigenvalue weighted by Crippen LogP contribution is 2.39. The lowest BCUT2D eigenvalue weighted by atomic mass is 10.1. The van der Waals surface area contributed by atoms with Crippen LogP contribution in [0.15, 0.2) is 259 Å². The van der Waals surface area contributed by atoms with E-state index >= 15 is 0 Å². The zero-order valence-corrected chi connectivity index (χ0v) is 42.1. The normalized spacial score (nSPS) is 11.5. The van der Waals surface area contributed by atoms with Crippen molar-refractivity contribution in [3.63, 3.8) is 0 Å². The molecule has 0 saturated heterocycles. The maximum absolute atomic E-state index is 6.58. The third-order valence-electron chi connectivity index (χ3n) is 14.4. The third kappa shape index (κ3) is 8.17. The zero-order chi connectivity index (χ0) is 52.2. The van der Waals surface area contributed by atoms with Crippen molar-refractivity contribution in [3.8, 4) is 103 Å². The Morgan fingerprint density at radius 2 is 0.532 bits per heavy atom. The van der Waals surface area contributed by atoms with E-state index in [1.165, 1.54) is 0 Å². The Morgan fingerprint density at radius 3 is 0.899 bits per heavy atom. The van der Waals surface area contributed by atoms with Crippen molar-refractivity contribution in [1.82, 2.24) is 49.2 Å². The van der Waals surface area contributed by atoms with Gasteiger partial charge in [-0.05, 0) is 72.8 Å². The van der Waals surface area contributed by atoms with Gasteiger partial charge >= 0.3 is 0 Å². The first kappa shape index (κ1) is 45.4. The van der Waals surface area contributed by atoms with Crippen LogP contribution in [0.5, 0.6) is 0 Å². The molecule has 370 valence electrons. The van der Waals surface area contributed by atoms with Crippen molar-refractivity contribution in [2.24, 2.45) is 0 Å². The van der Waals surface area contributed by atoms with Crippen molar-refractivity contribution in [3.05, 3.63) is 255 Å². The lowest BCUT2D eigenvalue weighted by Gasteiger charge is -2.11. The summed E-state index contributed by atoms with van der Waals surface area (Å²) in [4.78, 5) is 29.9. The topological polar surface area (TPSA) is 126 Å². The molecule has 0 spiro atoms. The quantitative estimate of drug-likeness (QED) is 0.132. The predicted octanol–water partition coefficient (Wildman–Crippen LogP) is 16.0. The lowest BCUT2D eigenvalue weighted by molar-refractivity contribution is 0.585. The highest BCUT2D eigenvalue weighted by atomic mass is 16.4. The van der Waals surface area contributed by atoms with E-state index in [0.29, 0.717) is 46.7 Å². The minimum Gasteiger partial charge on any atom is -0.416 e. The first-order valence-corrected chi connectivity index (χ1v) is 26.0. The molecular formula is C68H42N10O. The minimum atomic E-state index is 0.428. The number of nitrogens with zero attached hydrogens (tertiary/aromatic N) is 10. The number of para-hydroxylation sites is 2. The minimum absolute atomic E-state index is 0.428. The van der Waals surface area contributed by atoms with E-state index in [4.69, 9.17) is 34.3 Å². The molecule has 0 saturated carbocycles. The van der Waals surface area contributed by atoms with Gasteiger partial charge in [-0.15, -0.1) is 10.2 Å². The van der Waals surface area contributed by atoms with E-state index in [9.17, 15) is 0 Å². The molecule has 11 heteroatoms. The van der Waals surface area contributed by atoms with Crippen LogP contribution in [0, 0.1) is 0 Å². The molecule has 0 aliphatic rings. The van der Waals surface area contributed by atoms with Crippen LogP contribution < -0.4 is 0 Å². The van der Waals surface area contributed by atoms with E-state index < -0.39 is 0 Å². The number of benzene rings is 10. The Labute approximate surface area is 452 Å². The van der Waals surface area contributed by atoms with Gasteiger partial charge in [0, 0.05) is 77.4 Å². The van der Waals surface area contributed by atoms with Gasteiger partial charge < -0.3 is 13.6 Å². The van der Waals surface area contributed by atoms with Gasteiger partial charge in [0.25, 0.3) is 0 Å². The lowest BCUT2D eigenvalue weighted by Crippen LogP contribution is -2.01. The molecule has 0 fully saturated rings. The van der Waals surface area contributed by atoms with Crippen LogP contribution in [-0.4, -0.2) is 49.2 Å². The Morgan fingerprint density at radius 1 is 0.228 bits per heavy atom. The molecule has 5 aromatic heterocycles. The van der Waals surface area contributed by atoms with Crippen molar-refractivity contribution in [2.75, 3.05) is 0 Å². The molecule has 0 amide bonds. The molecule has 0 unspecified atom stereocenters. The van der Waals surface area contributed by atoms with Crippen LogP contribution >= 0.6 is 0 Å². The van der Waals surface area contributed by atoms with Crippen molar-refractivity contribution < 1.29 is 4.42 Å². The smallest absolute Gasteiger partial charge is 0.248 e. The Hall–Kier alpha value is -11.0. The molecular weight excluding hydrogens is 973 g/mol. The molecule has 15 rings (SSSR count). The fourth-order valence-corrected chi connectivity index (χ4v) is 10.7. The maximum atomic E-state index is 6.58. The molecule has 0 bridgehead atoms. The standard InChI is InChI=1S/C68H42N10O/c1-5-19-43(20-6-1)61-69-62(44-21-7-2-8-22-44)72-65(71-61)47-27-17-29-51(39-47)77-57-33-15-13-31-53(57)55-41-49(35-37-59(55)77)67-75-76-68(79-67)50-36-38-60-56(42-50)54-32-14-16-34-58(54)78(60)52-30-18-28-48(40-52)66-73-63(45-23-9-3-10-24-45)70-64(74-66)46-25-11-4-12-26-46/h1-42H. The van der Waals surface area contributed by atoms with Gasteiger partial charge in [-0.1, -0.05) is 182 Å². The number of hydrogen-bond donors (Lipinski definition) is 0. The average Bonchev–Trinajstić information content (AvgIpc) is 4.41. The summed E-state index contributed by atoms with van der Waals surface area (Å²) in [7, 11) is 0. The molecule has 0 atom stereocenters. The fourth-order valence-electron chi connectivity index (χ4n) is 10.7. The Balaban J connectivity index is 0.775. The SMILES string of the molecule is c1ccc(-c2nc(-c3ccccc3)nc(-c3cccc(-n4c5ccccc5c5cc(-c6nnc(-c7ccc8c(c7)c7ccccc7n8-c7cccc(-c8nc(-c9ccccc9)nc(-c9ccccc9)n8)c7)o6)ccc54)c3)n2)cc1. The molecule has 0 aliphatic heterocycles. The van der Waals surface area contributed by atoms with E-state index in [1.807, 2.05) is 121 Å². The molecule has 0 radical (unpaired) electrons. The van der Waals surface area contributed by atoms with Crippen molar-refractivity contribution >= 4 is 43.6 Å². The molecule has 15 aromatic rings. The van der Waals surface area contributed by atoms with Crippen LogP contribution in [0.3, 0.4) is 0 Å². The largest absolute Gasteiger partial charge is 0.416 e. The molecule has 0 N–H and O–H groups in total. The van der Waals surface area contributed by atoms with Crippen LogP contribution in [0.4, 0.5) is 0 Å². The second kappa shape index (κ2) is 19.0. The predicted molar refractivity (Wildman–Crippen MR) is 313 cm³/mol. The monoisotopic (exact) mass is 1010 g/mol. The highest BCUT2D eigenvalue weighted by molar-refractivity contribution is 6.11. The maximum Gasteiger partial charge on any atom is 0.248 e. The average molecular weight is 1020 g/mol. The zero-order valence-electron chi connectivity index (χ0n) is 42.1. The summed E-state index contributed by atoms with van der Waals surface area (Å²) < 4.78 is 11.2. The van der Waals surface area contributed by atoms with Crippen LogP contribution in [0.1, 0.15) is 0 Å². The van der Waals surface area contributed by atoms with Gasteiger partial charge in [-0.3, -0.25) is 0 Å². The second-order valence-corrected chi connectivity index (χ2v) is 19.3. The van der Waals surface area contributed by atoms with Gasteiger partial charge in [0.2, 0.25) is 11.8 Å². The van der Waals surface area contributed by atoms with Gasteiger partial charge in [0.05, 0.1) is 22.1 Å². The van der Waals surface area contributed by atoms with E-state index in [0.717, 1.165) is 99.5 Å². The van der Waals surface area contributed by atoms with Gasteiger partial charge in [-0.25, -0.2) is 29.9 Å². The summed E-state index contributed by atoms with van der Waals surface area (Å²) in [5.74, 6) is 4.50. The number of hydrogen-bond acceptors (Lipinski definition) is 9. The molecule has 11 nitrogen and oxygen atoms in total. The first-order chi connectivity index (χ1) is 39.1. The summed E-state index contributed by atoms with van der Waals surface area (Å²) in [5.41, 5.74) is 13.2.